The predicted octanol–water partition coefficient (Wildman–Crippen LogP) is 8.95. The number of benzene rings is 2. The monoisotopic (exact) mass is 513 g/mol. The summed E-state index contributed by atoms with van der Waals surface area (Å²) in [4.78, 5) is 21.4. The Hall–Kier alpha value is -3.12. The Labute approximate surface area is 217 Å². The number of carbonyl (C=O) groups is 1. The predicted molar refractivity (Wildman–Crippen MR) is 148 cm³/mol. The Kier molecular flexibility index (Phi) is 11.7. The molecule has 0 atom stereocenters. The quantitative estimate of drug-likeness (QED) is 0.107. The Morgan fingerprint density at radius 2 is 1.75 bits per heavy atom. The molecule has 192 valence electrons. The van der Waals surface area contributed by atoms with Crippen molar-refractivity contribution in [3.05, 3.63) is 82.2 Å². The van der Waals surface area contributed by atoms with Crippen molar-refractivity contribution in [1.29, 1.82) is 0 Å². The molecule has 4 nitrogen and oxygen atoms in total. The number of halogens is 3. The van der Waals surface area contributed by atoms with Crippen LogP contribution < -0.4 is 5.32 Å². The lowest BCUT2D eigenvalue weighted by Crippen LogP contribution is -2.20. The number of unbranched alkanes of at least 4 members (excludes halogenated alkanes) is 3. The summed E-state index contributed by atoms with van der Waals surface area (Å²) in [5.41, 5.74) is 3.43. The van der Waals surface area contributed by atoms with Gasteiger partial charge in [0.25, 0.3) is 0 Å². The van der Waals surface area contributed by atoms with Gasteiger partial charge in [-0.05, 0) is 69.5 Å². The molecule has 1 N–H and O–H groups in total. The van der Waals surface area contributed by atoms with Gasteiger partial charge in [-0.1, -0.05) is 49.9 Å². The van der Waals surface area contributed by atoms with Gasteiger partial charge >= 0.3 is 0 Å². The van der Waals surface area contributed by atoms with E-state index in [1.807, 2.05) is 32.0 Å². The molecule has 0 saturated carbocycles. The fourth-order valence-electron chi connectivity index (χ4n) is 3.56. The number of nitrogens with zero attached hydrogens (tertiary/aromatic N) is 2. The van der Waals surface area contributed by atoms with E-state index >= 15 is 0 Å². The molecule has 0 aliphatic rings. The largest absolute Gasteiger partial charge is 0.339 e. The zero-order valence-corrected chi connectivity index (χ0v) is 22.3. The maximum absolute atomic E-state index is 14.3. The Morgan fingerprint density at radius 1 is 1.03 bits per heavy atom. The van der Waals surface area contributed by atoms with E-state index in [-0.39, 0.29) is 16.4 Å². The number of allylic oxidation sites excluding steroid dienone is 2. The van der Waals surface area contributed by atoms with Gasteiger partial charge < -0.3 is 5.32 Å². The van der Waals surface area contributed by atoms with Crippen molar-refractivity contribution in [2.24, 2.45) is 9.98 Å². The molecule has 0 aliphatic heterocycles. The van der Waals surface area contributed by atoms with Crippen molar-refractivity contribution in [2.75, 3.05) is 5.32 Å². The van der Waals surface area contributed by atoms with Crippen LogP contribution in [0.2, 0.25) is 5.02 Å². The van der Waals surface area contributed by atoms with Gasteiger partial charge in [0, 0.05) is 35.6 Å². The number of hydrogen-bond acceptors (Lipinski definition) is 3. The SMILES string of the molecule is C\C=C/N=C(Nc1ccc(C(=O)CCCCCC)c(C)c1)\C(C)=N\C=C(/C)c1ccc(Cl)c(F)c1F. The number of aryl methyl sites for hydroxylation is 1. The second kappa shape index (κ2) is 14.4. The standard InChI is InChI=1S/C29H34ClF2N3O/c1-6-8-9-10-11-26(36)23-13-12-22(17-19(23)3)35-29(33-16-7-2)21(5)34-18-20(4)24-14-15-25(30)28(32)27(24)31/h7,12-18H,6,8-11H2,1-5H3,(H,33,35)/b16-7-,20-18+,34-21+. The third-order valence-corrected chi connectivity index (χ3v) is 5.95. The third kappa shape index (κ3) is 8.23. The fraction of sp³-hybridized carbons (Fsp3) is 0.345. The van der Waals surface area contributed by atoms with Crippen LogP contribution in [0.25, 0.3) is 5.57 Å². The van der Waals surface area contributed by atoms with E-state index in [2.05, 4.69) is 22.2 Å². The smallest absolute Gasteiger partial charge is 0.178 e. The van der Waals surface area contributed by atoms with Crippen LogP contribution in [-0.2, 0) is 0 Å². The maximum atomic E-state index is 14.3. The molecule has 2 rings (SSSR count). The van der Waals surface area contributed by atoms with E-state index in [4.69, 9.17) is 11.6 Å². The Balaban J connectivity index is 2.23. The number of nitrogens with one attached hydrogen (secondary N) is 1. The molecule has 0 radical (unpaired) electrons. The van der Waals surface area contributed by atoms with Gasteiger partial charge in [0.2, 0.25) is 0 Å². The third-order valence-electron chi connectivity index (χ3n) is 5.65. The van der Waals surface area contributed by atoms with Crippen LogP contribution >= 0.6 is 11.6 Å². The molecule has 0 heterocycles. The number of amidine groups is 1. The molecule has 0 bridgehead atoms. The van der Waals surface area contributed by atoms with Gasteiger partial charge in [-0.2, -0.15) is 0 Å². The molecule has 0 spiro atoms. The number of Topliss-reactive ketones (excluding diaryl/α,β-unsaturated/α-hetero) is 1. The zero-order chi connectivity index (χ0) is 26.7. The van der Waals surface area contributed by atoms with Crippen molar-refractivity contribution in [3.63, 3.8) is 0 Å². The van der Waals surface area contributed by atoms with E-state index < -0.39 is 11.6 Å². The summed E-state index contributed by atoms with van der Waals surface area (Å²) in [6.07, 6.45) is 9.68. The first kappa shape index (κ1) is 29.1. The average Bonchev–Trinajstić information content (AvgIpc) is 2.86. The summed E-state index contributed by atoms with van der Waals surface area (Å²) in [6.45, 7) is 9.32. The number of anilines is 1. The van der Waals surface area contributed by atoms with Crippen LogP contribution in [-0.4, -0.2) is 17.3 Å². The molecule has 0 unspecified atom stereocenters. The number of rotatable bonds is 11. The molecular formula is C29H34ClF2N3O. The van der Waals surface area contributed by atoms with E-state index in [0.717, 1.165) is 42.5 Å². The minimum Gasteiger partial charge on any atom is -0.339 e. The highest BCUT2D eigenvalue weighted by Gasteiger charge is 2.14. The molecule has 0 fully saturated rings. The van der Waals surface area contributed by atoms with E-state index in [1.54, 1.807) is 26.1 Å². The molecule has 0 saturated heterocycles. The number of carbonyl (C=O) groups excluding carboxylic acids is 1. The van der Waals surface area contributed by atoms with Crippen molar-refractivity contribution >= 4 is 40.2 Å². The highest BCUT2D eigenvalue weighted by atomic mass is 35.5. The van der Waals surface area contributed by atoms with Gasteiger partial charge in [-0.3, -0.25) is 9.79 Å². The molecule has 2 aromatic rings. The summed E-state index contributed by atoms with van der Waals surface area (Å²) >= 11 is 5.65. The van der Waals surface area contributed by atoms with Crippen molar-refractivity contribution in [2.45, 2.75) is 66.7 Å². The van der Waals surface area contributed by atoms with Gasteiger partial charge in [0.15, 0.2) is 23.3 Å². The summed E-state index contributed by atoms with van der Waals surface area (Å²) in [5.74, 6) is -1.46. The van der Waals surface area contributed by atoms with Crippen LogP contribution in [0.3, 0.4) is 0 Å². The minimum absolute atomic E-state index is 0.0823. The number of ketones is 1. The Bertz CT molecular complexity index is 1200. The molecule has 0 aliphatic carbocycles. The lowest BCUT2D eigenvalue weighted by molar-refractivity contribution is 0.0978. The highest BCUT2D eigenvalue weighted by molar-refractivity contribution is 6.45. The van der Waals surface area contributed by atoms with Crippen molar-refractivity contribution in [1.82, 2.24) is 0 Å². The number of aliphatic imine (C=N–C) groups is 2. The van der Waals surface area contributed by atoms with Gasteiger partial charge in [-0.25, -0.2) is 13.8 Å². The average molecular weight is 514 g/mol. The van der Waals surface area contributed by atoms with Gasteiger partial charge in [0.1, 0.15) is 0 Å². The number of hydrogen-bond donors (Lipinski definition) is 1. The molecule has 7 heteroatoms. The van der Waals surface area contributed by atoms with Gasteiger partial charge in [-0.15, -0.1) is 0 Å². The van der Waals surface area contributed by atoms with E-state index in [1.165, 1.54) is 18.3 Å². The Morgan fingerprint density at radius 3 is 2.42 bits per heavy atom. The molecular weight excluding hydrogens is 480 g/mol. The first-order chi connectivity index (χ1) is 17.2. The second-order valence-electron chi connectivity index (χ2n) is 8.60. The van der Waals surface area contributed by atoms with Crippen LogP contribution in [0.5, 0.6) is 0 Å². The van der Waals surface area contributed by atoms with E-state index in [0.29, 0.717) is 23.5 Å². The molecule has 36 heavy (non-hydrogen) atoms. The topological polar surface area (TPSA) is 53.8 Å². The lowest BCUT2D eigenvalue weighted by Gasteiger charge is -2.12. The van der Waals surface area contributed by atoms with Crippen LogP contribution in [0.15, 0.2) is 58.8 Å². The maximum Gasteiger partial charge on any atom is 0.178 e. The van der Waals surface area contributed by atoms with Crippen LogP contribution in [0.1, 0.15) is 81.3 Å². The first-order valence-electron chi connectivity index (χ1n) is 12.1. The first-order valence-corrected chi connectivity index (χ1v) is 12.5. The lowest BCUT2D eigenvalue weighted by atomic mass is 9.99. The van der Waals surface area contributed by atoms with Crippen LogP contribution in [0.4, 0.5) is 14.5 Å². The van der Waals surface area contributed by atoms with Crippen molar-refractivity contribution in [3.8, 4) is 0 Å². The molecule has 2 aromatic carbocycles. The van der Waals surface area contributed by atoms with Gasteiger partial charge in [0.05, 0.1) is 10.7 Å². The van der Waals surface area contributed by atoms with Crippen molar-refractivity contribution < 1.29 is 13.6 Å². The van der Waals surface area contributed by atoms with E-state index in [9.17, 15) is 13.6 Å². The summed E-state index contributed by atoms with van der Waals surface area (Å²) in [7, 11) is 0. The normalized spacial score (nSPS) is 12.9. The molecule has 0 amide bonds. The zero-order valence-electron chi connectivity index (χ0n) is 21.6. The second-order valence-corrected chi connectivity index (χ2v) is 9.01. The summed E-state index contributed by atoms with van der Waals surface area (Å²) in [5, 5.41) is 2.98. The summed E-state index contributed by atoms with van der Waals surface area (Å²) < 4.78 is 28.1. The fourth-order valence-corrected chi connectivity index (χ4v) is 3.70. The highest BCUT2D eigenvalue weighted by Crippen LogP contribution is 2.25. The minimum atomic E-state index is -1.09. The summed E-state index contributed by atoms with van der Waals surface area (Å²) in [6, 6.07) is 8.31. The molecule has 0 aromatic heterocycles. The van der Waals surface area contributed by atoms with Crippen LogP contribution in [0, 0.1) is 18.6 Å².